The van der Waals surface area contributed by atoms with Gasteiger partial charge in [0.2, 0.25) is 5.88 Å². The molecule has 6 nitrogen and oxygen atoms in total. The molecule has 1 aromatic rings. The van der Waals surface area contributed by atoms with Gasteiger partial charge in [0.15, 0.2) is 0 Å². The normalized spacial score (nSPS) is 24.6. The summed E-state index contributed by atoms with van der Waals surface area (Å²) < 4.78 is 11.4. The number of aromatic nitrogens is 1. The van der Waals surface area contributed by atoms with E-state index >= 15 is 0 Å². The summed E-state index contributed by atoms with van der Waals surface area (Å²) in [7, 11) is 0. The minimum Gasteiger partial charge on any atom is -0.473 e. The van der Waals surface area contributed by atoms with E-state index in [0.29, 0.717) is 30.0 Å². The van der Waals surface area contributed by atoms with Crippen molar-refractivity contribution >= 4 is 17.7 Å². The molecule has 2 fully saturated rings. The van der Waals surface area contributed by atoms with Crippen LogP contribution in [0.1, 0.15) is 27.2 Å². The minimum atomic E-state index is -0.463. The molecular weight excluding hydrogens is 330 g/mol. The number of fused-ring (bicyclic) bond motifs is 1. The third-order valence-corrected chi connectivity index (χ3v) is 4.44. The number of carbonyl (C=O) groups excluding carboxylic acids is 1. The molecule has 0 N–H and O–H groups in total. The lowest BCUT2D eigenvalue weighted by Crippen LogP contribution is -2.53. The summed E-state index contributed by atoms with van der Waals surface area (Å²) in [5.74, 6) is 0.591. The summed E-state index contributed by atoms with van der Waals surface area (Å²) in [5.41, 5.74) is -0.463. The van der Waals surface area contributed by atoms with Crippen molar-refractivity contribution in [3.05, 3.63) is 23.4 Å². The fourth-order valence-corrected chi connectivity index (χ4v) is 3.29. The van der Waals surface area contributed by atoms with Crippen molar-refractivity contribution in [1.29, 1.82) is 0 Å². The van der Waals surface area contributed by atoms with Crippen LogP contribution >= 0.6 is 11.6 Å². The van der Waals surface area contributed by atoms with Crippen LogP contribution < -0.4 is 4.74 Å². The van der Waals surface area contributed by atoms with Crippen LogP contribution in [0.15, 0.2) is 18.3 Å². The van der Waals surface area contributed by atoms with E-state index in [2.05, 4.69) is 9.88 Å². The number of ether oxygens (including phenoxy) is 2. The fourth-order valence-electron chi connectivity index (χ4n) is 3.18. The number of hydrogen-bond acceptors (Lipinski definition) is 5. The Morgan fingerprint density at radius 2 is 2.08 bits per heavy atom. The molecule has 2 aliphatic rings. The molecule has 2 saturated heterocycles. The van der Waals surface area contributed by atoms with Gasteiger partial charge in [-0.3, -0.25) is 4.90 Å². The zero-order valence-corrected chi connectivity index (χ0v) is 15.1. The molecule has 132 valence electrons. The van der Waals surface area contributed by atoms with Crippen LogP contribution in [-0.2, 0) is 4.74 Å². The predicted molar refractivity (Wildman–Crippen MR) is 91.4 cm³/mol. The van der Waals surface area contributed by atoms with Crippen molar-refractivity contribution in [3.8, 4) is 5.88 Å². The average molecular weight is 354 g/mol. The Bertz CT molecular complexity index is 588. The lowest BCUT2D eigenvalue weighted by molar-refractivity contribution is 0.00921. The molecule has 1 aromatic heterocycles. The summed E-state index contributed by atoms with van der Waals surface area (Å²) in [5, 5.41) is 0.596. The monoisotopic (exact) mass is 353 g/mol. The first kappa shape index (κ1) is 17.3. The second-order valence-corrected chi connectivity index (χ2v) is 7.80. The summed E-state index contributed by atoms with van der Waals surface area (Å²) in [4.78, 5) is 20.6. The maximum Gasteiger partial charge on any atom is 0.410 e. The quantitative estimate of drug-likeness (QED) is 0.818. The fraction of sp³-hybridized carbons (Fsp3) is 0.647. The minimum absolute atomic E-state index is 0.0854. The lowest BCUT2D eigenvalue weighted by atomic mass is 10.1. The average Bonchev–Trinajstić information content (AvgIpc) is 2.89. The smallest absolute Gasteiger partial charge is 0.410 e. The van der Waals surface area contributed by atoms with Gasteiger partial charge in [-0.05, 0) is 26.8 Å². The van der Waals surface area contributed by atoms with Crippen molar-refractivity contribution in [3.63, 3.8) is 0 Å². The zero-order valence-electron chi connectivity index (χ0n) is 14.4. The Labute approximate surface area is 147 Å². The Morgan fingerprint density at radius 1 is 1.29 bits per heavy atom. The number of pyridine rings is 1. The van der Waals surface area contributed by atoms with Crippen molar-refractivity contribution in [2.24, 2.45) is 0 Å². The molecule has 0 saturated carbocycles. The molecule has 0 aromatic carbocycles. The number of nitrogens with zero attached hydrogens (tertiary/aromatic N) is 3. The number of piperazine rings is 1. The van der Waals surface area contributed by atoms with Gasteiger partial charge < -0.3 is 14.4 Å². The third kappa shape index (κ3) is 4.30. The van der Waals surface area contributed by atoms with E-state index in [1.54, 1.807) is 23.2 Å². The van der Waals surface area contributed by atoms with E-state index in [9.17, 15) is 4.79 Å². The van der Waals surface area contributed by atoms with Gasteiger partial charge in [-0.25, -0.2) is 9.78 Å². The molecule has 2 aliphatic heterocycles. The number of hydrogen-bond donors (Lipinski definition) is 0. The maximum atomic E-state index is 12.2. The van der Waals surface area contributed by atoms with Gasteiger partial charge in [0.1, 0.15) is 11.7 Å². The zero-order chi connectivity index (χ0) is 17.3. The first-order valence-corrected chi connectivity index (χ1v) is 8.68. The van der Waals surface area contributed by atoms with Crippen LogP contribution in [0.5, 0.6) is 5.88 Å². The van der Waals surface area contributed by atoms with E-state index < -0.39 is 5.60 Å². The molecule has 0 unspecified atom stereocenters. The SMILES string of the molecule is CC(C)(C)OC(=O)N1CCN2C[C@H](Oc3ccc(Cl)cn3)C[C@H]2C1. The third-order valence-electron chi connectivity index (χ3n) is 4.22. The van der Waals surface area contributed by atoms with Crippen molar-refractivity contribution in [2.45, 2.75) is 44.9 Å². The van der Waals surface area contributed by atoms with Gasteiger partial charge in [-0.2, -0.15) is 0 Å². The molecule has 3 rings (SSSR count). The highest BCUT2D eigenvalue weighted by atomic mass is 35.5. The van der Waals surface area contributed by atoms with Gasteiger partial charge in [0.05, 0.1) is 5.02 Å². The van der Waals surface area contributed by atoms with Crippen LogP contribution in [-0.4, -0.2) is 64.8 Å². The maximum absolute atomic E-state index is 12.2. The van der Waals surface area contributed by atoms with Gasteiger partial charge in [0, 0.05) is 50.9 Å². The number of amides is 1. The van der Waals surface area contributed by atoms with Crippen molar-refractivity contribution < 1.29 is 14.3 Å². The first-order chi connectivity index (χ1) is 11.3. The molecule has 7 heteroatoms. The molecular formula is C17H24ClN3O3. The topological polar surface area (TPSA) is 54.9 Å². The van der Waals surface area contributed by atoms with Crippen LogP contribution in [0.25, 0.3) is 0 Å². The van der Waals surface area contributed by atoms with E-state index in [-0.39, 0.29) is 12.2 Å². The number of halogens is 1. The number of carbonyl (C=O) groups is 1. The Morgan fingerprint density at radius 3 is 2.75 bits per heavy atom. The van der Waals surface area contributed by atoms with Gasteiger partial charge in [-0.15, -0.1) is 0 Å². The predicted octanol–water partition coefficient (Wildman–Crippen LogP) is 2.81. The first-order valence-electron chi connectivity index (χ1n) is 8.30. The van der Waals surface area contributed by atoms with Gasteiger partial charge in [-0.1, -0.05) is 11.6 Å². The van der Waals surface area contributed by atoms with E-state index in [1.165, 1.54) is 0 Å². The second-order valence-electron chi connectivity index (χ2n) is 7.37. The summed E-state index contributed by atoms with van der Waals surface area (Å²) in [6.07, 6.45) is 2.32. The molecule has 24 heavy (non-hydrogen) atoms. The molecule has 0 spiro atoms. The van der Waals surface area contributed by atoms with E-state index in [4.69, 9.17) is 21.1 Å². The largest absolute Gasteiger partial charge is 0.473 e. The Kier molecular flexibility index (Phi) is 4.88. The van der Waals surface area contributed by atoms with Crippen molar-refractivity contribution in [2.75, 3.05) is 26.2 Å². The summed E-state index contributed by atoms with van der Waals surface area (Å²) >= 11 is 5.84. The van der Waals surface area contributed by atoms with Crippen LogP contribution in [0, 0.1) is 0 Å². The molecule has 0 bridgehead atoms. The summed E-state index contributed by atoms with van der Waals surface area (Å²) in [6, 6.07) is 3.87. The molecule has 3 heterocycles. The Hall–Kier alpha value is -1.53. The highest BCUT2D eigenvalue weighted by Gasteiger charge is 2.39. The lowest BCUT2D eigenvalue weighted by Gasteiger charge is -2.37. The van der Waals surface area contributed by atoms with Gasteiger partial charge in [0.25, 0.3) is 0 Å². The Balaban J connectivity index is 1.54. The molecule has 1 amide bonds. The van der Waals surface area contributed by atoms with E-state index in [1.807, 2.05) is 20.8 Å². The molecule has 0 radical (unpaired) electrons. The van der Waals surface area contributed by atoms with Crippen LogP contribution in [0.3, 0.4) is 0 Å². The molecule has 0 aliphatic carbocycles. The highest BCUT2D eigenvalue weighted by molar-refractivity contribution is 6.30. The van der Waals surface area contributed by atoms with E-state index in [0.717, 1.165) is 19.5 Å². The molecule has 2 atom stereocenters. The second kappa shape index (κ2) is 6.76. The number of rotatable bonds is 2. The van der Waals surface area contributed by atoms with Crippen LogP contribution in [0.2, 0.25) is 5.02 Å². The van der Waals surface area contributed by atoms with Gasteiger partial charge >= 0.3 is 6.09 Å². The standard InChI is InChI=1S/C17H24ClN3O3/c1-17(2,3)24-16(22)21-7-6-20-11-14(8-13(20)10-21)23-15-5-4-12(18)9-19-15/h4-5,9,13-14H,6-8,10-11H2,1-3H3/t13-,14+/m0/s1. The highest BCUT2D eigenvalue weighted by Crippen LogP contribution is 2.26. The van der Waals surface area contributed by atoms with Crippen LogP contribution in [0.4, 0.5) is 4.79 Å². The van der Waals surface area contributed by atoms with Crippen molar-refractivity contribution in [1.82, 2.24) is 14.8 Å². The summed E-state index contributed by atoms with van der Waals surface area (Å²) in [6.45, 7) is 8.74.